The van der Waals surface area contributed by atoms with Crippen molar-refractivity contribution in [2.24, 2.45) is 15.9 Å². The van der Waals surface area contributed by atoms with Crippen LogP contribution in [-0.4, -0.2) is 22.4 Å². The zero-order valence-electron chi connectivity index (χ0n) is 13.8. The van der Waals surface area contributed by atoms with Crippen LogP contribution in [0.15, 0.2) is 34.9 Å². The van der Waals surface area contributed by atoms with E-state index >= 15 is 0 Å². The normalized spacial score (nSPS) is 19.2. The van der Waals surface area contributed by atoms with E-state index in [0.29, 0.717) is 5.92 Å². The Hall–Kier alpha value is -2.49. The van der Waals surface area contributed by atoms with Crippen molar-refractivity contribution in [3.8, 4) is 11.3 Å². The van der Waals surface area contributed by atoms with E-state index in [2.05, 4.69) is 36.3 Å². The summed E-state index contributed by atoms with van der Waals surface area (Å²) in [5.41, 5.74) is 6.02. The van der Waals surface area contributed by atoms with Gasteiger partial charge in [0.1, 0.15) is 5.82 Å². The van der Waals surface area contributed by atoms with Gasteiger partial charge in [0, 0.05) is 24.5 Å². The van der Waals surface area contributed by atoms with Gasteiger partial charge in [0.05, 0.1) is 17.1 Å². The lowest BCUT2D eigenvalue weighted by Gasteiger charge is -2.07. The molecule has 0 aliphatic heterocycles. The van der Waals surface area contributed by atoms with Crippen molar-refractivity contribution in [3.05, 3.63) is 36.2 Å². The number of pyridine rings is 1. The fraction of sp³-hybridized carbons (Fsp3) is 0.316. The molecule has 1 aliphatic rings. The van der Waals surface area contributed by atoms with Crippen molar-refractivity contribution >= 4 is 30.0 Å². The Labute approximate surface area is 138 Å². The topological polar surface area (TPSA) is 53.4 Å². The van der Waals surface area contributed by atoms with Gasteiger partial charge in [0.2, 0.25) is 0 Å². The highest BCUT2D eigenvalue weighted by atomic mass is 14.9. The molecule has 0 aromatic carbocycles. The monoisotopic (exact) mass is 308 g/mol. The number of hydrogen-bond donors (Lipinski definition) is 1. The molecule has 3 rings (SSSR count). The van der Waals surface area contributed by atoms with Gasteiger partial charge in [0.25, 0.3) is 0 Å². The fourth-order valence-corrected chi connectivity index (χ4v) is 3.12. The van der Waals surface area contributed by atoms with E-state index < -0.39 is 0 Å². The first kappa shape index (κ1) is 15.4. The first-order valence-corrected chi connectivity index (χ1v) is 8.00. The van der Waals surface area contributed by atoms with Crippen LogP contribution < -0.4 is 0 Å². The first-order chi connectivity index (χ1) is 11.1. The number of aryl methyl sites for hydroxylation is 1. The summed E-state index contributed by atoms with van der Waals surface area (Å²) >= 11 is 0. The van der Waals surface area contributed by atoms with E-state index in [1.165, 1.54) is 18.6 Å². The molecule has 2 aromatic rings. The van der Waals surface area contributed by atoms with E-state index in [4.69, 9.17) is 9.98 Å². The predicted octanol–water partition coefficient (Wildman–Crippen LogP) is 5.50. The number of nitrogens with zero attached hydrogens (tertiary/aromatic N) is 3. The molecule has 120 valence electrons. The highest BCUT2D eigenvalue weighted by molar-refractivity contribution is 5.90. The van der Waals surface area contributed by atoms with Gasteiger partial charge >= 0.3 is 0 Å². The van der Waals surface area contributed by atoms with Gasteiger partial charge in [-0.15, -0.1) is 0 Å². The van der Waals surface area contributed by atoms with Crippen LogP contribution >= 0.6 is 0 Å². The maximum atomic E-state index is 4.84. The molecule has 4 heteroatoms. The summed E-state index contributed by atoms with van der Waals surface area (Å²) in [5.74, 6) is 1.31. The number of rotatable bonds is 4. The Morgan fingerprint density at radius 1 is 1.43 bits per heavy atom. The molecule has 4 nitrogen and oxygen atoms in total. The summed E-state index contributed by atoms with van der Waals surface area (Å²) in [7, 11) is 0. The Bertz CT molecular complexity index is 789. The fourth-order valence-electron chi connectivity index (χ4n) is 3.12. The third kappa shape index (κ3) is 2.89. The summed E-state index contributed by atoms with van der Waals surface area (Å²) < 4.78 is 0. The molecule has 1 unspecified atom stereocenters. The van der Waals surface area contributed by atoms with Crippen LogP contribution in [-0.2, 0) is 0 Å². The largest absolute Gasteiger partial charge is 0.345 e. The highest BCUT2D eigenvalue weighted by Crippen LogP contribution is 2.33. The van der Waals surface area contributed by atoms with Gasteiger partial charge in [0.15, 0.2) is 0 Å². The maximum Gasteiger partial charge on any atom is 0.137 e. The number of aromatic amines is 1. The molecule has 2 heterocycles. The van der Waals surface area contributed by atoms with Crippen molar-refractivity contribution in [3.63, 3.8) is 0 Å². The lowest BCUT2D eigenvalue weighted by Crippen LogP contribution is -2.01. The molecule has 1 saturated carbocycles. The molecule has 2 aromatic heterocycles. The van der Waals surface area contributed by atoms with Crippen molar-refractivity contribution in [1.82, 2.24) is 9.97 Å². The maximum absolute atomic E-state index is 4.84. The van der Waals surface area contributed by atoms with Gasteiger partial charge in [-0.05, 0) is 51.0 Å². The molecule has 1 atom stereocenters. The molecular weight excluding hydrogens is 284 g/mol. The Kier molecular flexibility index (Phi) is 4.24. The van der Waals surface area contributed by atoms with E-state index in [1.54, 1.807) is 6.08 Å². The molecule has 1 fully saturated rings. The zero-order valence-corrected chi connectivity index (χ0v) is 13.8. The number of aliphatic imine (C=N–C) groups is 2. The molecule has 0 bridgehead atoms. The first-order valence-electron chi connectivity index (χ1n) is 8.00. The van der Waals surface area contributed by atoms with Gasteiger partial charge in [-0.25, -0.2) is 4.99 Å². The molecular formula is C19H24N4. The van der Waals surface area contributed by atoms with Crippen molar-refractivity contribution in [2.45, 2.75) is 33.1 Å². The van der Waals surface area contributed by atoms with Gasteiger partial charge in [-0.1, -0.05) is 19.6 Å². The summed E-state index contributed by atoms with van der Waals surface area (Å²) in [6.45, 7) is 11.7. The molecule has 0 amide bonds. The summed E-state index contributed by atoms with van der Waals surface area (Å²) in [6, 6.07) is 4.06. The third-order valence-electron chi connectivity index (χ3n) is 4.50. The Morgan fingerprint density at radius 3 is 2.87 bits per heavy atom. The van der Waals surface area contributed by atoms with E-state index in [-0.39, 0.29) is 1.43 Å². The lowest BCUT2D eigenvalue weighted by atomic mass is 10.1. The van der Waals surface area contributed by atoms with E-state index in [0.717, 1.165) is 40.4 Å². The lowest BCUT2D eigenvalue weighted by molar-refractivity contribution is 0.728. The van der Waals surface area contributed by atoms with Crippen LogP contribution in [0.1, 0.15) is 38.9 Å². The Balaban J connectivity index is 0.00000208. The minimum atomic E-state index is 0. The molecule has 0 spiro atoms. The minimum Gasteiger partial charge on any atom is -0.345 e. The molecule has 0 saturated heterocycles. The average molecular weight is 308 g/mol. The van der Waals surface area contributed by atoms with Gasteiger partial charge in [-0.3, -0.25) is 9.98 Å². The zero-order chi connectivity index (χ0) is 16.4. The van der Waals surface area contributed by atoms with Gasteiger partial charge in [-0.2, -0.15) is 0 Å². The van der Waals surface area contributed by atoms with Crippen LogP contribution in [0.3, 0.4) is 0 Å². The van der Waals surface area contributed by atoms with Crippen LogP contribution in [0.2, 0.25) is 0 Å². The van der Waals surface area contributed by atoms with Gasteiger partial charge < -0.3 is 4.98 Å². The number of hydrogen-bond acceptors (Lipinski definition) is 3. The molecule has 1 aliphatic carbocycles. The van der Waals surface area contributed by atoms with Crippen LogP contribution in [0.4, 0.5) is 11.5 Å². The van der Waals surface area contributed by atoms with E-state index in [1.807, 2.05) is 19.2 Å². The quantitative estimate of drug-likeness (QED) is 0.745. The second-order valence-electron chi connectivity index (χ2n) is 6.02. The molecule has 0 radical (unpaired) electrons. The summed E-state index contributed by atoms with van der Waals surface area (Å²) in [6.07, 6.45) is 7.27. The van der Waals surface area contributed by atoms with Crippen LogP contribution in [0.5, 0.6) is 0 Å². The van der Waals surface area contributed by atoms with Crippen LogP contribution in [0, 0.1) is 12.8 Å². The summed E-state index contributed by atoms with van der Waals surface area (Å²) in [5, 5.41) is 0. The number of nitrogens with one attached hydrogen (secondary N) is 1. The second kappa shape index (κ2) is 6.32. The SMILES string of the molecule is C=Cc1c(-c2ccc(N=C3CCCC3C)c(C)n2)c[nH]c1N=C.[HH]. The standard InChI is InChI=1S/C19H22N4.H2/c1-5-14-15(11-21-19(14)20-4)18-10-9-17(13(3)22-18)23-16-8-6-7-12(16)2;/h5,9-12,21H,1,4,6-8H2,2-3H3;1H. The van der Waals surface area contributed by atoms with Crippen molar-refractivity contribution in [1.29, 1.82) is 0 Å². The number of H-pyrrole nitrogens is 1. The predicted molar refractivity (Wildman–Crippen MR) is 100 cm³/mol. The van der Waals surface area contributed by atoms with Crippen LogP contribution in [0.25, 0.3) is 17.3 Å². The smallest absolute Gasteiger partial charge is 0.137 e. The number of aromatic nitrogens is 2. The molecule has 1 N–H and O–H groups in total. The van der Waals surface area contributed by atoms with E-state index in [9.17, 15) is 0 Å². The highest BCUT2D eigenvalue weighted by Gasteiger charge is 2.18. The van der Waals surface area contributed by atoms with Crippen molar-refractivity contribution < 1.29 is 1.43 Å². The summed E-state index contributed by atoms with van der Waals surface area (Å²) in [4.78, 5) is 16.6. The Morgan fingerprint density at radius 2 is 2.26 bits per heavy atom. The minimum absolute atomic E-state index is 0. The molecule has 23 heavy (non-hydrogen) atoms. The third-order valence-corrected chi connectivity index (χ3v) is 4.50. The van der Waals surface area contributed by atoms with Crippen molar-refractivity contribution in [2.75, 3.05) is 0 Å². The average Bonchev–Trinajstić information content (AvgIpc) is 3.15. The second-order valence-corrected chi connectivity index (χ2v) is 6.02.